The van der Waals surface area contributed by atoms with Gasteiger partial charge < -0.3 is 10.6 Å². The third-order valence-corrected chi connectivity index (χ3v) is 3.62. The summed E-state index contributed by atoms with van der Waals surface area (Å²) in [6.07, 6.45) is 4.50. The number of amides is 1. The highest BCUT2D eigenvalue weighted by atomic mass is 32.2. The molecule has 0 saturated carbocycles. The molecule has 1 amide bonds. The molecule has 1 atom stereocenters. The van der Waals surface area contributed by atoms with Crippen molar-refractivity contribution in [1.82, 2.24) is 10.6 Å². The Morgan fingerprint density at radius 1 is 1.50 bits per heavy atom. The number of sulfone groups is 1. The van der Waals surface area contributed by atoms with Gasteiger partial charge in [0.05, 0.1) is 5.75 Å². The maximum absolute atomic E-state index is 11.3. The third-order valence-electron chi connectivity index (χ3n) is 2.68. The molecule has 1 aliphatic rings. The number of rotatable bonds is 6. The number of hydrogen-bond donors (Lipinski definition) is 2. The summed E-state index contributed by atoms with van der Waals surface area (Å²) < 4.78 is 21.7. The first-order chi connectivity index (χ1) is 7.47. The quantitative estimate of drug-likeness (QED) is 0.675. The molecule has 16 heavy (non-hydrogen) atoms. The first-order valence-electron chi connectivity index (χ1n) is 5.65. The lowest BCUT2D eigenvalue weighted by Crippen LogP contribution is -2.31. The first-order valence-corrected chi connectivity index (χ1v) is 7.71. The van der Waals surface area contributed by atoms with Crippen molar-refractivity contribution in [2.24, 2.45) is 0 Å². The Hall–Kier alpha value is -0.620. The van der Waals surface area contributed by atoms with Crippen molar-refractivity contribution in [3.63, 3.8) is 0 Å². The lowest BCUT2D eigenvalue weighted by atomic mass is 10.1. The molecule has 2 N–H and O–H groups in total. The van der Waals surface area contributed by atoms with E-state index in [1.165, 1.54) is 12.8 Å². The summed E-state index contributed by atoms with van der Waals surface area (Å²) in [6.45, 7) is 1.69. The average Bonchev–Trinajstić information content (AvgIpc) is 2.66. The largest absolute Gasteiger partial charge is 0.356 e. The van der Waals surface area contributed by atoms with Gasteiger partial charge in [0, 0.05) is 25.3 Å². The molecule has 0 bridgehead atoms. The van der Waals surface area contributed by atoms with E-state index in [4.69, 9.17) is 0 Å². The Bertz CT molecular complexity index is 321. The second kappa shape index (κ2) is 6.20. The Balaban J connectivity index is 2.06. The fourth-order valence-electron chi connectivity index (χ4n) is 1.76. The molecule has 0 radical (unpaired) electrons. The number of carbonyl (C=O) groups is 1. The molecule has 1 fully saturated rings. The van der Waals surface area contributed by atoms with E-state index in [2.05, 4.69) is 10.6 Å². The Kier molecular flexibility index (Phi) is 5.21. The van der Waals surface area contributed by atoms with Gasteiger partial charge in [-0.1, -0.05) is 0 Å². The predicted octanol–water partition coefficient (Wildman–Crippen LogP) is -0.321. The minimum absolute atomic E-state index is 0.0664. The van der Waals surface area contributed by atoms with E-state index in [9.17, 15) is 13.2 Å². The summed E-state index contributed by atoms with van der Waals surface area (Å²) in [4.78, 5) is 11.3. The van der Waals surface area contributed by atoms with Gasteiger partial charge in [0.1, 0.15) is 9.84 Å². The number of hydrogen-bond acceptors (Lipinski definition) is 4. The Morgan fingerprint density at radius 2 is 2.25 bits per heavy atom. The summed E-state index contributed by atoms with van der Waals surface area (Å²) >= 11 is 0. The topological polar surface area (TPSA) is 75.3 Å². The molecule has 1 heterocycles. The van der Waals surface area contributed by atoms with Crippen LogP contribution in [-0.2, 0) is 14.6 Å². The summed E-state index contributed by atoms with van der Waals surface area (Å²) in [5.74, 6) is -0.246. The fraction of sp³-hybridized carbons (Fsp3) is 0.900. The van der Waals surface area contributed by atoms with E-state index in [1.54, 1.807) is 0 Å². The molecule has 0 aromatic heterocycles. The molecule has 94 valence electrons. The molecule has 6 heteroatoms. The van der Waals surface area contributed by atoms with Crippen molar-refractivity contribution in [3.8, 4) is 0 Å². The summed E-state index contributed by atoms with van der Waals surface area (Å²) in [5.41, 5.74) is 0. The lowest BCUT2D eigenvalue weighted by Gasteiger charge is -2.10. The minimum atomic E-state index is -3.03. The SMILES string of the molecule is CS(=O)(=O)CCC(=O)NCC[C@H]1CCCN1. The molecule has 0 spiro atoms. The van der Waals surface area contributed by atoms with Gasteiger partial charge >= 0.3 is 0 Å². The van der Waals surface area contributed by atoms with Gasteiger partial charge in [-0.3, -0.25) is 4.79 Å². The maximum Gasteiger partial charge on any atom is 0.221 e. The molecular weight excluding hydrogens is 228 g/mol. The van der Waals surface area contributed by atoms with E-state index in [-0.39, 0.29) is 18.1 Å². The van der Waals surface area contributed by atoms with Crippen molar-refractivity contribution in [1.29, 1.82) is 0 Å². The van der Waals surface area contributed by atoms with Crippen LogP contribution in [0, 0.1) is 0 Å². The van der Waals surface area contributed by atoms with Crippen molar-refractivity contribution >= 4 is 15.7 Å². The maximum atomic E-state index is 11.3. The van der Waals surface area contributed by atoms with E-state index in [0.717, 1.165) is 19.2 Å². The Labute approximate surface area is 96.9 Å². The van der Waals surface area contributed by atoms with Crippen LogP contribution in [0.25, 0.3) is 0 Å². The van der Waals surface area contributed by atoms with Gasteiger partial charge in [-0.25, -0.2) is 8.42 Å². The molecule has 1 saturated heterocycles. The standard InChI is InChI=1S/C10H20N2O3S/c1-16(14,15)8-5-10(13)12-7-4-9-3-2-6-11-9/h9,11H,2-8H2,1H3,(H,12,13)/t9-/m1/s1. The highest BCUT2D eigenvalue weighted by Gasteiger charge is 2.14. The van der Waals surface area contributed by atoms with E-state index < -0.39 is 9.84 Å². The fourth-order valence-corrected chi connectivity index (χ4v) is 2.31. The zero-order valence-corrected chi connectivity index (χ0v) is 10.5. The van der Waals surface area contributed by atoms with Gasteiger partial charge in [-0.15, -0.1) is 0 Å². The van der Waals surface area contributed by atoms with Crippen LogP contribution in [-0.4, -0.2) is 45.5 Å². The first kappa shape index (κ1) is 13.4. The van der Waals surface area contributed by atoms with Crippen LogP contribution in [0.1, 0.15) is 25.7 Å². The van der Waals surface area contributed by atoms with Crippen molar-refractivity contribution in [2.75, 3.05) is 25.1 Å². The van der Waals surface area contributed by atoms with Gasteiger partial charge in [0.25, 0.3) is 0 Å². The lowest BCUT2D eigenvalue weighted by molar-refractivity contribution is -0.120. The molecule has 1 rings (SSSR count). The van der Waals surface area contributed by atoms with Crippen molar-refractivity contribution in [2.45, 2.75) is 31.7 Å². The van der Waals surface area contributed by atoms with Crippen LogP contribution in [0.4, 0.5) is 0 Å². The smallest absolute Gasteiger partial charge is 0.221 e. The zero-order chi connectivity index (χ0) is 12.0. The number of carbonyl (C=O) groups excluding carboxylic acids is 1. The number of nitrogens with one attached hydrogen (secondary N) is 2. The van der Waals surface area contributed by atoms with Gasteiger partial charge in [0.2, 0.25) is 5.91 Å². The zero-order valence-electron chi connectivity index (χ0n) is 9.66. The van der Waals surface area contributed by atoms with Crippen LogP contribution in [0.3, 0.4) is 0 Å². The van der Waals surface area contributed by atoms with Gasteiger partial charge in [0.15, 0.2) is 0 Å². The average molecular weight is 248 g/mol. The van der Waals surface area contributed by atoms with E-state index in [1.807, 2.05) is 0 Å². The van der Waals surface area contributed by atoms with Crippen LogP contribution in [0.2, 0.25) is 0 Å². The molecule has 0 aromatic carbocycles. The predicted molar refractivity (Wildman–Crippen MR) is 63.0 cm³/mol. The van der Waals surface area contributed by atoms with Crippen LogP contribution in [0.15, 0.2) is 0 Å². The molecule has 0 unspecified atom stereocenters. The van der Waals surface area contributed by atoms with Crippen molar-refractivity contribution < 1.29 is 13.2 Å². The second-order valence-corrected chi connectivity index (χ2v) is 6.57. The molecule has 0 aliphatic carbocycles. The van der Waals surface area contributed by atoms with Crippen molar-refractivity contribution in [3.05, 3.63) is 0 Å². The molecule has 1 aliphatic heterocycles. The van der Waals surface area contributed by atoms with Crippen LogP contribution < -0.4 is 10.6 Å². The van der Waals surface area contributed by atoms with Gasteiger partial charge in [-0.05, 0) is 25.8 Å². The molecule has 0 aromatic rings. The Morgan fingerprint density at radius 3 is 2.81 bits per heavy atom. The normalized spacial score (nSPS) is 20.9. The van der Waals surface area contributed by atoms with E-state index in [0.29, 0.717) is 12.6 Å². The van der Waals surface area contributed by atoms with Gasteiger partial charge in [-0.2, -0.15) is 0 Å². The second-order valence-electron chi connectivity index (χ2n) is 4.31. The summed E-state index contributed by atoms with van der Waals surface area (Å²) in [5, 5.41) is 6.08. The van der Waals surface area contributed by atoms with Crippen LogP contribution in [0.5, 0.6) is 0 Å². The van der Waals surface area contributed by atoms with Crippen LogP contribution >= 0.6 is 0 Å². The monoisotopic (exact) mass is 248 g/mol. The molecule has 5 nitrogen and oxygen atoms in total. The summed E-state index contributed by atoms with van der Waals surface area (Å²) in [6, 6.07) is 0.509. The highest BCUT2D eigenvalue weighted by molar-refractivity contribution is 7.90. The molecular formula is C10H20N2O3S. The third kappa shape index (κ3) is 6.07. The van der Waals surface area contributed by atoms with E-state index >= 15 is 0 Å². The minimum Gasteiger partial charge on any atom is -0.356 e. The highest BCUT2D eigenvalue weighted by Crippen LogP contribution is 2.07. The summed E-state index contributed by atoms with van der Waals surface area (Å²) in [7, 11) is -3.03.